The molecule has 0 saturated heterocycles. The van der Waals surface area contributed by atoms with E-state index in [1.165, 1.54) is 0 Å². The Morgan fingerprint density at radius 2 is 0.900 bits per heavy atom. The summed E-state index contributed by atoms with van der Waals surface area (Å²) in [5.74, 6) is -0.877. The molecule has 2 unspecified atom stereocenters. The molecule has 0 saturated carbocycles. The summed E-state index contributed by atoms with van der Waals surface area (Å²) in [6, 6.07) is 0. The number of hydrogen-bond acceptors (Lipinski definition) is 7. The second-order valence-corrected chi connectivity index (χ2v) is 17.1. The van der Waals surface area contributed by atoms with Gasteiger partial charge in [-0.2, -0.15) is 0 Å². The third-order valence-corrected chi connectivity index (χ3v) is 9.78. The second-order valence-electron chi connectivity index (χ2n) is 15.7. The van der Waals surface area contributed by atoms with E-state index in [-0.39, 0.29) is 26.1 Å². The molecule has 0 aliphatic heterocycles. The minimum atomic E-state index is -4.40. The summed E-state index contributed by atoms with van der Waals surface area (Å²) in [6.45, 7) is 4.09. The third-order valence-electron chi connectivity index (χ3n) is 8.80. The zero-order valence-corrected chi connectivity index (χ0v) is 39.0. The highest BCUT2D eigenvalue weighted by molar-refractivity contribution is 7.47. The van der Waals surface area contributed by atoms with Gasteiger partial charge in [-0.25, -0.2) is 4.57 Å². The van der Waals surface area contributed by atoms with Gasteiger partial charge in [0, 0.05) is 12.8 Å². The zero-order valence-electron chi connectivity index (χ0n) is 38.1. The standard InChI is InChI=1S/C50H82NO8P/c1-6-8-10-12-14-16-18-20-22-24-25-27-29-31-33-35-37-39-41-43-50(53)59-48(47-58-60(54,55)57-45-44-51(3,4)5)46-56-49(52)42-40-38-36-34-32-30-28-26-23-21-19-17-15-13-11-9-7-2/h8-11,14-17,20-23,25,27-28,30-31,33,48H,6-7,12-13,18-19,24,26,29,32,34-47H2,1-5H3/p+1/b10-8-,11-9-,16-14-,17-15-,22-20-,23-21-,27-25-,30-28-,33-31-. The van der Waals surface area contributed by atoms with Crippen molar-refractivity contribution in [2.24, 2.45) is 0 Å². The number of allylic oxidation sites excluding steroid dienone is 18. The zero-order chi connectivity index (χ0) is 44.3. The average molecular weight is 857 g/mol. The highest BCUT2D eigenvalue weighted by Crippen LogP contribution is 2.43. The fourth-order valence-electron chi connectivity index (χ4n) is 5.32. The number of esters is 2. The van der Waals surface area contributed by atoms with Crippen LogP contribution in [-0.2, 0) is 32.7 Å². The Labute approximate surface area is 366 Å². The summed E-state index contributed by atoms with van der Waals surface area (Å²) in [6.07, 6.45) is 55.6. The van der Waals surface area contributed by atoms with Gasteiger partial charge in [0.1, 0.15) is 19.8 Å². The lowest BCUT2D eigenvalue weighted by molar-refractivity contribution is -0.870. The molecule has 0 aliphatic carbocycles. The molecule has 2 atom stereocenters. The number of nitrogens with zero attached hydrogens (tertiary/aromatic N) is 1. The van der Waals surface area contributed by atoms with E-state index in [4.69, 9.17) is 18.5 Å². The van der Waals surface area contributed by atoms with Gasteiger partial charge in [-0.3, -0.25) is 18.6 Å². The first-order chi connectivity index (χ1) is 29.0. The van der Waals surface area contributed by atoms with Crippen molar-refractivity contribution < 1.29 is 42.1 Å². The number of phosphoric acid groups is 1. The Morgan fingerprint density at radius 3 is 1.33 bits per heavy atom. The van der Waals surface area contributed by atoms with E-state index >= 15 is 0 Å². The summed E-state index contributed by atoms with van der Waals surface area (Å²) >= 11 is 0. The Kier molecular flexibility index (Phi) is 38.8. The molecular weight excluding hydrogens is 774 g/mol. The highest BCUT2D eigenvalue weighted by Gasteiger charge is 2.27. The Morgan fingerprint density at radius 1 is 0.517 bits per heavy atom. The van der Waals surface area contributed by atoms with Gasteiger partial charge in [0.15, 0.2) is 6.10 Å². The number of likely N-dealkylation sites (N-methyl/N-ethyl adjacent to an activating group) is 1. The van der Waals surface area contributed by atoms with Crippen LogP contribution in [0, 0.1) is 0 Å². The molecule has 0 aromatic rings. The SMILES string of the molecule is CC/C=C\C/C=C\C/C=C\C/C=C\C/C=C\CCCCCC(=O)OC(COC(=O)CCCCCC/C=C\C/C=C\C/C=C\C/C=C\CC)COP(=O)(O)OCC[N+](C)(C)C. The fourth-order valence-corrected chi connectivity index (χ4v) is 6.06. The van der Waals surface area contributed by atoms with Crippen LogP contribution in [0.1, 0.15) is 142 Å². The van der Waals surface area contributed by atoms with Gasteiger partial charge in [0.05, 0.1) is 27.7 Å². The van der Waals surface area contributed by atoms with E-state index in [1.54, 1.807) is 0 Å². The molecule has 0 amide bonds. The minimum absolute atomic E-state index is 0.0137. The molecule has 0 spiro atoms. The maximum absolute atomic E-state index is 12.7. The van der Waals surface area contributed by atoms with E-state index in [0.29, 0.717) is 23.9 Å². The molecule has 1 N–H and O–H groups in total. The van der Waals surface area contributed by atoms with Crippen molar-refractivity contribution in [2.75, 3.05) is 47.5 Å². The lowest BCUT2D eigenvalue weighted by atomic mass is 10.1. The molecule has 0 heterocycles. The number of ether oxygens (including phenoxy) is 2. The summed E-state index contributed by atoms with van der Waals surface area (Å²) in [5, 5.41) is 0. The maximum Gasteiger partial charge on any atom is 0.472 e. The van der Waals surface area contributed by atoms with Crippen LogP contribution in [0.25, 0.3) is 0 Å². The topological polar surface area (TPSA) is 108 Å². The van der Waals surface area contributed by atoms with E-state index in [9.17, 15) is 19.0 Å². The predicted octanol–water partition coefficient (Wildman–Crippen LogP) is 13.1. The average Bonchev–Trinajstić information content (AvgIpc) is 3.20. The van der Waals surface area contributed by atoms with E-state index in [0.717, 1.165) is 103 Å². The maximum atomic E-state index is 12.7. The van der Waals surface area contributed by atoms with Crippen molar-refractivity contribution in [2.45, 2.75) is 148 Å². The molecule has 340 valence electrons. The Hall–Kier alpha value is -3.33. The highest BCUT2D eigenvalue weighted by atomic mass is 31.2. The molecule has 9 nitrogen and oxygen atoms in total. The number of carbonyl (C=O) groups is 2. The van der Waals surface area contributed by atoms with Gasteiger partial charge < -0.3 is 18.9 Å². The van der Waals surface area contributed by atoms with E-state index < -0.39 is 32.5 Å². The summed E-state index contributed by atoms with van der Waals surface area (Å²) in [4.78, 5) is 35.4. The van der Waals surface area contributed by atoms with Crippen LogP contribution < -0.4 is 0 Å². The largest absolute Gasteiger partial charge is 0.472 e. The van der Waals surface area contributed by atoms with Crippen LogP contribution >= 0.6 is 7.82 Å². The van der Waals surface area contributed by atoms with Crippen molar-refractivity contribution >= 4 is 19.8 Å². The van der Waals surface area contributed by atoms with Crippen LogP contribution in [0.5, 0.6) is 0 Å². The third kappa shape index (κ3) is 44.2. The summed E-state index contributed by atoms with van der Waals surface area (Å²) < 4.78 is 34.3. The Bertz CT molecular complexity index is 1380. The first-order valence-electron chi connectivity index (χ1n) is 22.6. The molecule has 10 heteroatoms. The van der Waals surface area contributed by atoms with Gasteiger partial charge in [-0.15, -0.1) is 0 Å². The number of phosphoric ester groups is 1. The molecule has 0 rings (SSSR count). The number of rotatable bonds is 39. The number of hydrogen-bond donors (Lipinski definition) is 1. The van der Waals surface area contributed by atoms with Crippen molar-refractivity contribution in [3.63, 3.8) is 0 Å². The van der Waals surface area contributed by atoms with Crippen LogP contribution in [-0.4, -0.2) is 74.9 Å². The Balaban J connectivity index is 4.48. The van der Waals surface area contributed by atoms with E-state index in [2.05, 4.69) is 123 Å². The molecule has 0 fully saturated rings. The fraction of sp³-hybridized carbons (Fsp3) is 0.600. The van der Waals surface area contributed by atoms with Crippen LogP contribution in [0.2, 0.25) is 0 Å². The molecule has 0 bridgehead atoms. The van der Waals surface area contributed by atoms with Gasteiger partial charge in [0.2, 0.25) is 0 Å². The minimum Gasteiger partial charge on any atom is -0.462 e. The quantitative estimate of drug-likeness (QED) is 0.0214. The molecule has 60 heavy (non-hydrogen) atoms. The number of carbonyl (C=O) groups excluding carboxylic acids is 2. The molecule has 0 aliphatic rings. The van der Waals surface area contributed by atoms with Gasteiger partial charge in [-0.1, -0.05) is 142 Å². The number of quaternary nitrogens is 1. The van der Waals surface area contributed by atoms with Crippen molar-refractivity contribution in [1.29, 1.82) is 0 Å². The smallest absolute Gasteiger partial charge is 0.462 e. The summed E-state index contributed by atoms with van der Waals surface area (Å²) in [5.41, 5.74) is 0. The van der Waals surface area contributed by atoms with Crippen LogP contribution in [0.3, 0.4) is 0 Å². The predicted molar refractivity (Wildman–Crippen MR) is 251 cm³/mol. The monoisotopic (exact) mass is 857 g/mol. The van der Waals surface area contributed by atoms with E-state index in [1.807, 2.05) is 21.1 Å². The molecule has 0 aromatic heterocycles. The van der Waals surface area contributed by atoms with Gasteiger partial charge in [-0.05, 0) is 96.3 Å². The van der Waals surface area contributed by atoms with Crippen molar-refractivity contribution in [3.05, 3.63) is 109 Å². The molecule has 0 radical (unpaired) electrons. The second kappa shape index (κ2) is 41.0. The van der Waals surface area contributed by atoms with Crippen molar-refractivity contribution in [1.82, 2.24) is 0 Å². The summed E-state index contributed by atoms with van der Waals surface area (Å²) in [7, 11) is 1.42. The lowest BCUT2D eigenvalue weighted by Crippen LogP contribution is -2.37. The van der Waals surface area contributed by atoms with Crippen molar-refractivity contribution in [3.8, 4) is 0 Å². The first-order valence-corrected chi connectivity index (χ1v) is 24.1. The normalized spacial score (nSPS) is 14.6. The van der Waals surface area contributed by atoms with Crippen LogP contribution in [0.4, 0.5) is 0 Å². The molecule has 0 aromatic carbocycles. The molecular formula is C50H83NO8P+. The first kappa shape index (κ1) is 56.7. The van der Waals surface area contributed by atoms with Gasteiger partial charge >= 0.3 is 19.8 Å². The van der Waals surface area contributed by atoms with Crippen LogP contribution in [0.15, 0.2) is 109 Å². The number of unbranched alkanes of at least 4 members (excludes halogenated alkanes) is 7. The lowest BCUT2D eigenvalue weighted by Gasteiger charge is -2.24. The van der Waals surface area contributed by atoms with Gasteiger partial charge in [0.25, 0.3) is 0 Å².